The number of benzene rings is 2. The first-order valence-electron chi connectivity index (χ1n) is 33.6. The Bertz CT molecular complexity index is 4170. The molecule has 6 atom stereocenters. The largest absolute Gasteiger partial charge is 0.493 e. The lowest BCUT2D eigenvalue weighted by atomic mass is 9.89. The molecule has 7 aromatic heterocycles. The molecule has 9 aromatic rings. The number of carbonyl (C=O) groups is 3. The van der Waals surface area contributed by atoms with E-state index in [1.165, 1.54) is 18.4 Å². The second-order valence-corrected chi connectivity index (χ2v) is 26.9. The van der Waals surface area contributed by atoms with Crippen LogP contribution in [0, 0.1) is 24.7 Å². The van der Waals surface area contributed by atoms with Crippen LogP contribution in [0.2, 0.25) is 0 Å². The van der Waals surface area contributed by atoms with Crippen molar-refractivity contribution in [2.75, 3.05) is 40.5 Å². The average molecular weight is 1280 g/mol. The van der Waals surface area contributed by atoms with Gasteiger partial charge in [-0.15, -0.1) is 0 Å². The van der Waals surface area contributed by atoms with Crippen LogP contribution in [-0.2, 0) is 40.3 Å². The van der Waals surface area contributed by atoms with E-state index in [-0.39, 0.29) is 42.2 Å². The van der Waals surface area contributed by atoms with Crippen LogP contribution < -0.4 is 23.7 Å². The van der Waals surface area contributed by atoms with Crippen molar-refractivity contribution in [1.82, 2.24) is 59.0 Å². The highest BCUT2D eigenvalue weighted by atomic mass is 16.5. The van der Waals surface area contributed by atoms with E-state index in [1.807, 2.05) is 111 Å². The lowest BCUT2D eigenvalue weighted by molar-refractivity contribution is -0.118. The molecular formula is C73H90N12O9. The molecule has 0 unspecified atom stereocenters. The molecule has 21 nitrogen and oxygen atoms in total. The number of Topliss-reactive ketones (excluding diaryl/α,β-unsaturated/α-hetero) is 3. The van der Waals surface area contributed by atoms with Gasteiger partial charge in [0, 0.05) is 132 Å². The monoisotopic (exact) mass is 1280 g/mol. The SMILES string of the molecule is COc1cc(-c2cc3nn(C)cc3c(O[C@H](C)[C@H]3CCC(=O)C3)n2)ccc1OC(C)C.C[C@@H](Oc1nc(-c2ccc(C3CCN(C)CC3)cc2)cc2nn(C)cc12)[C@H]1CCC(=O)C1.Cc1nn(C2CCOCC2)cc1-c1cc2nn(C)cc2c(O[C@H](C)[C@H]2CCC(=O)C2)n1. The van der Waals surface area contributed by atoms with E-state index in [1.54, 1.807) is 21.2 Å². The highest BCUT2D eigenvalue weighted by Crippen LogP contribution is 2.40. The molecule has 3 aliphatic carbocycles. The Morgan fingerprint density at radius 1 is 0.500 bits per heavy atom. The summed E-state index contributed by atoms with van der Waals surface area (Å²) in [5.74, 6) is 5.38. The molecule has 21 heteroatoms. The molecule has 0 N–H and O–H groups in total. The second-order valence-electron chi connectivity index (χ2n) is 26.9. The summed E-state index contributed by atoms with van der Waals surface area (Å²) in [5.41, 5.74) is 10.2. The first-order chi connectivity index (χ1) is 45.3. The molecule has 9 heterocycles. The van der Waals surface area contributed by atoms with Crippen LogP contribution in [0.25, 0.3) is 66.5 Å². The van der Waals surface area contributed by atoms with Crippen molar-refractivity contribution in [3.63, 3.8) is 0 Å². The number of ether oxygens (including phenoxy) is 6. The number of aryl methyl sites for hydroxylation is 4. The molecule has 14 rings (SSSR count). The lowest BCUT2D eigenvalue weighted by Crippen LogP contribution is -2.29. The molecule has 94 heavy (non-hydrogen) atoms. The Kier molecular flexibility index (Phi) is 19.9. The van der Waals surface area contributed by atoms with Gasteiger partial charge in [-0.1, -0.05) is 24.3 Å². The Morgan fingerprint density at radius 2 is 0.947 bits per heavy atom. The number of rotatable bonds is 17. The van der Waals surface area contributed by atoms with Crippen molar-refractivity contribution in [3.05, 3.63) is 96.7 Å². The van der Waals surface area contributed by atoms with Gasteiger partial charge >= 0.3 is 0 Å². The number of hydrogen-bond acceptors (Lipinski definition) is 17. The van der Waals surface area contributed by atoms with Gasteiger partial charge in [0.2, 0.25) is 17.6 Å². The van der Waals surface area contributed by atoms with Gasteiger partial charge in [-0.25, -0.2) is 15.0 Å². The molecule has 5 fully saturated rings. The summed E-state index contributed by atoms with van der Waals surface area (Å²) < 4.78 is 43.2. The minimum absolute atomic E-state index is 0.0479. The Morgan fingerprint density at radius 3 is 1.39 bits per heavy atom. The maximum Gasteiger partial charge on any atom is 0.225 e. The van der Waals surface area contributed by atoms with Crippen LogP contribution in [0.15, 0.2) is 85.5 Å². The van der Waals surface area contributed by atoms with Crippen LogP contribution in [0.4, 0.5) is 0 Å². The first kappa shape index (κ1) is 65.5. The quantitative estimate of drug-likeness (QED) is 0.0827. The maximum absolute atomic E-state index is 11.7. The van der Waals surface area contributed by atoms with Crippen LogP contribution in [-0.4, -0.2) is 141 Å². The van der Waals surface area contributed by atoms with Gasteiger partial charge in [0.25, 0.3) is 0 Å². The third-order valence-corrected chi connectivity index (χ3v) is 19.5. The summed E-state index contributed by atoms with van der Waals surface area (Å²) in [6, 6.07) is 21.0. The normalized spacial score (nSPS) is 20.0. The van der Waals surface area contributed by atoms with E-state index in [4.69, 9.17) is 48.5 Å². The summed E-state index contributed by atoms with van der Waals surface area (Å²) >= 11 is 0. The van der Waals surface area contributed by atoms with Gasteiger partial charge in [-0.05, 0) is 155 Å². The number of ketones is 3. The van der Waals surface area contributed by atoms with Crippen molar-refractivity contribution in [2.45, 2.75) is 161 Å². The van der Waals surface area contributed by atoms with Crippen LogP contribution in [0.3, 0.4) is 0 Å². The van der Waals surface area contributed by atoms with Crippen molar-refractivity contribution in [1.29, 1.82) is 0 Å². The molecule has 0 radical (unpaired) electrons. The highest BCUT2D eigenvalue weighted by Gasteiger charge is 2.33. The lowest BCUT2D eigenvalue weighted by Gasteiger charge is -2.29. The van der Waals surface area contributed by atoms with Crippen molar-refractivity contribution >= 4 is 50.1 Å². The number of carbonyl (C=O) groups excluding carboxylic acids is 3. The molecule has 496 valence electrons. The fourth-order valence-electron chi connectivity index (χ4n) is 13.9. The zero-order chi connectivity index (χ0) is 65.9. The molecule has 2 saturated heterocycles. The molecule has 0 amide bonds. The number of piperidine rings is 1. The summed E-state index contributed by atoms with van der Waals surface area (Å²) in [4.78, 5) is 52.2. The van der Waals surface area contributed by atoms with Gasteiger partial charge in [0.15, 0.2) is 11.5 Å². The van der Waals surface area contributed by atoms with Gasteiger partial charge in [-0.3, -0.25) is 33.1 Å². The van der Waals surface area contributed by atoms with E-state index in [0.717, 1.165) is 131 Å². The zero-order valence-corrected chi connectivity index (χ0v) is 56.3. The van der Waals surface area contributed by atoms with E-state index < -0.39 is 0 Å². The van der Waals surface area contributed by atoms with E-state index >= 15 is 0 Å². The van der Waals surface area contributed by atoms with Crippen molar-refractivity contribution < 1.29 is 42.8 Å². The summed E-state index contributed by atoms with van der Waals surface area (Å²) in [5, 5.41) is 21.2. The zero-order valence-electron chi connectivity index (χ0n) is 56.3. The van der Waals surface area contributed by atoms with Crippen LogP contribution in [0.5, 0.6) is 29.1 Å². The Labute approximate surface area is 549 Å². The Balaban J connectivity index is 0.000000135. The highest BCUT2D eigenvalue weighted by molar-refractivity contribution is 5.89. The van der Waals surface area contributed by atoms with E-state index in [0.29, 0.717) is 97.0 Å². The number of methoxy groups -OCH3 is 1. The van der Waals surface area contributed by atoms with Gasteiger partial charge < -0.3 is 33.3 Å². The van der Waals surface area contributed by atoms with Crippen LogP contribution in [0.1, 0.15) is 141 Å². The van der Waals surface area contributed by atoms with Crippen molar-refractivity contribution in [3.8, 4) is 62.9 Å². The standard InChI is InChI=1S/C26H32N4O2.C24H29N3O4.C23H29N5O3/c1-17(21-8-9-22(31)14-21)32-26-23-16-30(3)28-25(23)15-24(27-26)20-6-4-18(5-7-20)19-10-12-29(2)13-11-19;1-14(2)30-22-9-7-17(11-23(22)29-5)20-12-21-19(13-27(4)26-21)24(25-20)31-15(3)16-6-8-18(28)10-16;1-14-19(13-28(25-14)17-6-8-30-9-7-17)21-11-22-20(12-27(3)26-22)23(24-21)31-15(2)16-4-5-18(29)10-16/h4-7,15-17,19,21H,8-14H2,1-3H3;7,9,11-16H,6,8,10H2,1-5H3;11-13,15-17H,4-10H2,1-3H3/t17-,21+;2*15-,16+/m111/s1. The predicted molar refractivity (Wildman–Crippen MR) is 361 cm³/mol. The number of fused-ring (bicyclic) bond motifs is 3. The fraction of sp³-hybridized carbons (Fsp3) is 0.507. The number of pyridine rings is 3. The molecule has 2 aliphatic heterocycles. The summed E-state index contributed by atoms with van der Waals surface area (Å²) in [6.07, 6.45) is 18.4. The smallest absolute Gasteiger partial charge is 0.225 e. The topological polar surface area (TPSA) is 220 Å². The van der Waals surface area contributed by atoms with Crippen molar-refractivity contribution in [2.24, 2.45) is 38.9 Å². The molecular weight excluding hydrogens is 1190 g/mol. The number of nitrogens with zero attached hydrogens (tertiary/aromatic N) is 12. The van der Waals surface area contributed by atoms with E-state index in [2.05, 4.69) is 69.3 Å². The fourth-order valence-corrected chi connectivity index (χ4v) is 13.9. The summed E-state index contributed by atoms with van der Waals surface area (Å²) in [6.45, 7) is 16.0. The van der Waals surface area contributed by atoms with Gasteiger partial charge in [-0.2, -0.15) is 20.4 Å². The number of hydrogen-bond donors (Lipinski definition) is 0. The number of likely N-dealkylation sites (tertiary alicyclic amines) is 1. The third kappa shape index (κ3) is 15.2. The minimum Gasteiger partial charge on any atom is -0.493 e. The number of aromatic nitrogens is 11. The second kappa shape index (κ2) is 28.6. The molecule has 2 aromatic carbocycles. The average Bonchev–Trinajstić information content (AvgIpc) is 1.63. The molecule has 0 spiro atoms. The molecule has 5 aliphatic rings. The maximum atomic E-state index is 11.7. The first-order valence-corrected chi connectivity index (χ1v) is 33.6. The molecule has 3 saturated carbocycles. The summed E-state index contributed by atoms with van der Waals surface area (Å²) in [7, 11) is 9.52. The van der Waals surface area contributed by atoms with E-state index in [9.17, 15) is 14.4 Å². The van der Waals surface area contributed by atoms with Gasteiger partial charge in [0.1, 0.15) is 35.7 Å². The van der Waals surface area contributed by atoms with Gasteiger partial charge in [0.05, 0.1) is 74.7 Å². The molecule has 0 bridgehead atoms. The predicted octanol–water partition coefficient (Wildman–Crippen LogP) is 12.8. The Hall–Kier alpha value is -8.56. The van der Waals surface area contributed by atoms with Crippen LogP contribution >= 0.6 is 0 Å². The third-order valence-electron chi connectivity index (χ3n) is 19.5. The minimum atomic E-state index is -0.103.